The summed E-state index contributed by atoms with van der Waals surface area (Å²) in [6, 6.07) is 9.14. The first kappa shape index (κ1) is 20.7. The highest BCUT2D eigenvalue weighted by Gasteiger charge is 2.24. The molecule has 1 aliphatic heterocycles. The maximum Gasteiger partial charge on any atom is 0.341 e. The Morgan fingerprint density at radius 3 is 2.17 bits per heavy atom. The van der Waals surface area contributed by atoms with Crippen molar-refractivity contribution in [2.24, 2.45) is 0 Å². The Kier molecular flexibility index (Phi) is 6.20. The van der Waals surface area contributed by atoms with Crippen molar-refractivity contribution in [3.05, 3.63) is 68.3 Å². The Hall–Kier alpha value is -4.02. The minimum absolute atomic E-state index is 0.0224. The zero-order chi connectivity index (χ0) is 21.7. The van der Waals surface area contributed by atoms with Gasteiger partial charge in [0.15, 0.2) is 6.61 Å². The van der Waals surface area contributed by atoms with Crippen LogP contribution in [0.5, 0.6) is 0 Å². The van der Waals surface area contributed by atoms with E-state index in [4.69, 9.17) is 4.74 Å². The van der Waals surface area contributed by atoms with E-state index in [0.29, 0.717) is 11.4 Å². The number of carbonyl (C=O) groups is 2. The molecule has 2 aromatic carbocycles. The number of carbonyl (C=O) groups excluding carboxylic acids is 2. The van der Waals surface area contributed by atoms with Crippen molar-refractivity contribution in [1.29, 1.82) is 0 Å². The summed E-state index contributed by atoms with van der Waals surface area (Å²) in [7, 11) is 0. The molecule has 1 amide bonds. The largest absolute Gasteiger partial charge is 0.452 e. The van der Waals surface area contributed by atoms with E-state index in [9.17, 15) is 29.8 Å². The molecular weight excluding hydrogens is 396 g/mol. The van der Waals surface area contributed by atoms with Crippen LogP contribution in [0.1, 0.15) is 23.2 Å². The van der Waals surface area contributed by atoms with E-state index in [-0.39, 0.29) is 16.9 Å². The Morgan fingerprint density at radius 1 is 0.967 bits per heavy atom. The van der Waals surface area contributed by atoms with Crippen LogP contribution in [0.4, 0.5) is 22.7 Å². The number of ether oxygens (including phenoxy) is 1. The van der Waals surface area contributed by atoms with E-state index in [0.717, 1.165) is 32.0 Å². The third-order valence-corrected chi connectivity index (χ3v) is 4.55. The van der Waals surface area contributed by atoms with E-state index >= 15 is 0 Å². The molecule has 2 aromatic rings. The topological polar surface area (TPSA) is 145 Å². The number of non-ortho nitro benzene ring substituents is 2. The molecule has 11 heteroatoms. The normalized spacial score (nSPS) is 13.0. The summed E-state index contributed by atoms with van der Waals surface area (Å²) >= 11 is 0. The monoisotopic (exact) mass is 414 g/mol. The predicted octanol–water partition coefficient (Wildman–Crippen LogP) is 2.90. The third-order valence-electron chi connectivity index (χ3n) is 4.55. The van der Waals surface area contributed by atoms with E-state index in [1.165, 1.54) is 36.4 Å². The first-order valence-electron chi connectivity index (χ1n) is 9.10. The summed E-state index contributed by atoms with van der Waals surface area (Å²) in [6.45, 7) is 0.829. The van der Waals surface area contributed by atoms with Crippen molar-refractivity contribution < 1.29 is 24.2 Å². The second-order valence-electron chi connectivity index (χ2n) is 6.58. The first-order chi connectivity index (χ1) is 14.3. The maximum absolute atomic E-state index is 12.5. The van der Waals surface area contributed by atoms with E-state index in [1.54, 1.807) is 0 Å². The fourth-order valence-electron chi connectivity index (χ4n) is 3.11. The molecule has 0 radical (unpaired) electrons. The molecule has 1 heterocycles. The number of nitrogens with zero attached hydrogens (tertiary/aromatic N) is 3. The summed E-state index contributed by atoms with van der Waals surface area (Å²) < 4.78 is 5.05. The molecule has 0 unspecified atom stereocenters. The van der Waals surface area contributed by atoms with Gasteiger partial charge >= 0.3 is 5.97 Å². The van der Waals surface area contributed by atoms with Crippen molar-refractivity contribution in [2.75, 3.05) is 29.9 Å². The molecular formula is C19H18N4O7. The Bertz CT molecular complexity index is 985. The van der Waals surface area contributed by atoms with E-state index in [2.05, 4.69) is 5.32 Å². The molecule has 11 nitrogen and oxygen atoms in total. The SMILES string of the molecule is O=C(COC(=O)c1cc([N+](=O)[O-])ccc1N1CCCC1)Nc1ccc([N+](=O)[O-])cc1. The van der Waals surface area contributed by atoms with Crippen molar-refractivity contribution >= 4 is 34.6 Å². The number of hydrogen-bond acceptors (Lipinski definition) is 8. The van der Waals surface area contributed by atoms with Crippen molar-refractivity contribution in [2.45, 2.75) is 12.8 Å². The summed E-state index contributed by atoms with van der Waals surface area (Å²) in [5, 5.41) is 24.2. The van der Waals surface area contributed by atoms with Crippen LogP contribution >= 0.6 is 0 Å². The lowest BCUT2D eigenvalue weighted by Gasteiger charge is -2.20. The average molecular weight is 414 g/mol. The zero-order valence-electron chi connectivity index (χ0n) is 15.8. The van der Waals surface area contributed by atoms with Crippen LogP contribution < -0.4 is 10.2 Å². The lowest BCUT2D eigenvalue weighted by molar-refractivity contribution is -0.385. The molecule has 3 rings (SSSR count). The van der Waals surface area contributed by atoms with E-state index < -0.39 is 28.3 Å². The molecule has 0 atom stereocenters. The van der Waals surface area contributed by atoms with Gasteiger partial charge in [0, 0.05) is 43.0 Å². The van der Waals surface area contributed by atoms with E-state index in [1.807, 2.05) is 4.90 Å². The Balaban J connectivity index is 1.67. The zero-order valence-corrected chi connectivity index (χ0v) is 15.8. The summed E-state index contributed by atoms with van der Waals surface area (Å²) in [4.78, 5) is 47.1. The van der Waals surface area contributed by atoms with Gasteiger partial charge in [0.2, 0.25) is 0 Å². The maximum atomic E-state index is 12.5. The fourth-order valence-corrected chi connectivity index (χ4v) is 3.11. The van der Waals surface area contributed by atoms with Crippen LogP contribution in [0, 0.1) is 20.2 Å². The van der Waals surface area contributed by atoms with Gasteiger partial charge in [-0.1, -0.05) is 0 Å². The molecule has 1 aliphatic rings. The third kappa shape index (κ3) is 4.87. The number of nitrogens with one attached hydrogen (secondary N) is 1. The minimum atomic E-state index is -0.848. The first-order valence-corrected chi connectivity index (χ1v) is 9.10. The van der Waals surface area contributed by atoms with Gasteiger partial charge in [-0.2, -0.15) is 0 Å². The van der Waals surface area contributed by atoms with Gasteiger partial charge in [-0.3, -0.25) is 25.0 Å². The van der Waals surface area contributed by atoms with Gasteiger partial charge in [-0.05, 0) is 31.0 Å². The molecule has 0 bridgehead atoms. The molecule has 156 valence electrons. The number of anilines is 2. The van der Waals surface area contributed by atoms with Crippen molar-refractivity contribution in [3.63, 3.8) is 0 Å². The van der Waals surface area contributed by atoms with Crippen LogP contribution in [0.3, 0.4) is 0 Å². The highest BCUT2D eigenvalue weighted by molar-refractivity contribution is 5.99. The van der Waals surface area contributed by atoms with Gasteiger partial charge in [0.1, 0.15) is 0 Å². The van der Waals surface area contributed by atoms with Crippen LogP contribution in [0.25, 0.3) is 0 Å². The average Bonchev–Trinajstić information content (AvgIpc) is 3.26. The number of esters is 1. The van der Waals surface area contributed by atoms with Gasteiger partial charge in [0.05, 0.1) is 21.1 Å². The van der Waals surface area contributed by atoms with Crippen LogP contribution in [-0.4, -0.2) is 41.4 Å². The Morgan fingerprint density at radius 2 is 1.57 bits per heavy atom. The van der Waals surface area contributed by atoms with Gasteiger partial charge in [-0.25, -0.2) is 4.79 Å². The van der Waals surface area contributed by atoms with Gasteiger partial charge in [0.25, 0.3) is 17.3 Å². The molecule has 1 fully saturated rings. The van der Waals surface area contributed by atoms with Gasteiger partial charge < -0.3 is 15.0 Å². The second-order valence-corrected chi connectivity index (χ2v) is 6.58. The highest BCUT2D eigenvalue weighted by atomic mass is 16.6. The smallest absolute Gasteiger partial charge is 0.341 e. The van der Waals surface area contributed by atoms with Crippen LogP contribution in [0.2, 0.25) is 0 Å². The molecule has 0 spiro atoms. The quantitative estimate of drug-likeness (QED) is 0.413. The standard InChI is InChI=1S/C19H18N4O7/c24-18(20-13-3-5-14(6-4-13)22(26)27)12-30-19(25)16-11-15(23(28)29)7-8-17(16)21-9-1-2-10-21/h3-8,11H,1-2,9-10,12H2,(H,20,24). The molecule has 0 saturated carbocycles. The molecule has 1 saturated heterocycles. The van der Waals surface area contributed by atoms with Crippen LogP contribution in [-0.2, 0) is 9.53 Å². The lowest BCUT2D eigenvalue weighted by Crippen LogP contribution is -2.24. The number of nitro benzene ring substituents is 2. The number of rotatable bonds is 7. The van der Waals surface area contributed by atoms with Crippen molar-refractivity contribution in [3.8, 4) is 0 Å². The Labute approximate surface area is 170 Å². The number of amides is 1. The van der Waals surface area contributed by atoms with Gasteiger partial charge in [-0.15, -0.1) is 0 Å². The number of benzene rings is 2. The predicted molar refractivity (Wildman–Crippen MR) is 107 cm³/mol. The highest BCUT2D eigenvalue weighted by Crippen LogP contribution is 2.29. The summed E-state index contributed by atoms with van der Waals surface area (Å²) in [5.74, 6) is -1.50. The van der Waals surface area contributed by atoms with Crippen molar-refractivity contribution in [1.82, 2.24) is 0 Å². The second kappa shape index (κ2) is 8.99. The number of nitro groups is 2. The molecule has 0 aromatic heterocycles. The van der Waals surface area contributed by atoms with Crippen LogP contribution in [0.15, 0.2) is 42.5 Å². The summed E-state index contributed by atoms with van der Waals surface area (Å²) in [6.07, 6.45) is 1.90. The molecule has 1 N–H and O–H groups in total. The lowest BCUT2D eigenvalue weighted by atomic mass is 10.1. The fraction of sp³-hybridized carbons (Fsp3) is 0.263. The number of hydrogen-bond donors (Lipinski definition) is 1. The molecule has 0 aliphatic carbocycles. The summed E-state index contributed by atoms with van der Waals surface area (Å²) in [5.41, 5.74) is 0.475. The molecule has 30 heavy (non-hydrogen) atoms. The minimum Gasteiger partial charge on any atom is -0.452 e.